The molecule has 13 heavy (non-hydrogen) atoms. The third kappa shape index (κ3) is 3.22. The van der Waals surface area contributed by atoms with Crippen molar-refractivity contribution >= 4 is 5.96 Å². The summed E-state index contributed by atoms with van der Waals surface area (Å²) >= 11 is 0. The van der Waals surface area contributed by atoms with Gasteiger partial charge in [0.05, 0.1) is 17.7 Å². The summed E-state index contributed by atoms with van der Waals surface area (Å²) in [5.74, 6) is 0.438. The fourth-order valence-corrected chi connectivity index (χ4v) is 0.867. The highest BCUT2D eigenvalue weighted by atomic mass is 16.3. The van der Waals surface area contributed by atoms with Gasteiger partial charge in [0.15, 0.2) is 5.96 Å². The molecule has 1 rings (SSSR count). The van der Waals surface area contributed by atoms with Crippen molar-refractivity contribution in [3.8, 4) is 0 Å². The Bertz CT molecular complexity index is 207. The molecule has 0 amide bonds. The van der Waals surface area contributed by atoms with Crippen molar-refractivity contribution in [3.63, 3.8) is 0 Å². The van der Waals surface area contributed by atoms with Gasteiger partial charge >= 0.3 is 0 Å². The van der Waals surface area contributed by atoms with Crippen LogP contribution in [0.25, 0.3) is 0 Å². The number of aliphatic imine (C=N–C) groups is 1. The van der Waals surface area contributed by atoms with Gasteiger partial charge in [-0.25, -0.2) is 0 Å². The molecule has 1 atom stereocenters. The molecule has 1 aliphatic carbocycles. The Kier molecular flexibility index (Phi) is 2.81. The lowest BCUT2D eigenvalue weighted by atomic mass is 9.99. The minimum absolute atomic E-state index is 0.414. The predicted octanol–water partition coefficient (Wildman–Crippen LogP) is 0.213. The van der Waals surface area contributed by atoms with Crippen LogP contribution in [-0.2, 0) is 0 Å². The summed E-state index contributed by atoms with van der Waals surface area (Å²) in [7, 11) is 0. The van der Waals surface area contributed by atoms with Crippen LogP contribution < -0.4 is 11.1 Å². The van der Waals surface area contributed by atoms with Gasteiger partial charge in [0.2, 0.25) is 0 Å². The van der Waals surface area contributed by atoms with Gasteiger partial charge in [-0.2, -0.15) is 0 Å². The fourth-order valence-electron chi connectivity index (χ4n) is 0.867. The molecule has 76 valence electrons. The lowest BCUT2D eigenvalue weighted by Crippen LogP contribution is -2.53. The topological polar surface area (TPSA) is 70.6 Å². The first-order chi connectivity index (χ1) is 5.92. The molecule has 0 aliphatic heterocycles. The van der Waals surface area contributed by atoms with Crippen LogP contribution in [0.5, 0.6) is 0 Å². The SMILES string of the molecule is CC(O)C(C)(C)NC(N)=NC1CC1. The number of aliphatic hydroxyl groups excluding tert-OH is 1. The van der Waals surface area contributed by atoms with Crippen LogP contribution in [0.4, 0.5) is 0 Å². The lowest BCUT2D eigenvalue weighted by Gasteiger charge is -2.29. The van der Waals surface area contributed by atoms with Gasteiger partial charge < -0.3 is 16.2 Å². The second-order valence-electron chi connectivity index (χ2n) is 4.27. The van der Waals surface area contributed by atoms with E-state index in [4.69, 9.17) is 5.73 Å². The van der Waals surface area contributed by atoms with Crippen molar-refractivity contribution in [2.45, 2.75) is 51.3 Å². The highest BCUT2D eigenvalue weighted by Gasteiger charge is 2.26. The van der Waals surface area contributed by atoms with Crippen molar-refractivity contribution in [1.29, 1.82) is 0 Å². The van der Waals surface area contributed by atoms with Gasteiger partial charge in [0.1, 0.15) is 0 Å². The fraction of sp³-hybridized carbons (Fsp3) is 0.889. The first-order valence-electron chi connectivity index (χ1n) is 4.71. The molecule has 4 nitrogen and oxygen atoms in total. The molecule has 1 saturated carbocycles. The zero-order chi connectivity index (χ0) is 10.1. The highest BCUT2D eigenvalue weighted by molar-refractivity contribution is 5.79. The van der Waals surface area contributed by atoms with Crippen LogP contribution in [0.1, 0.15) is 33.6 Å². The third-order valence-electron chi connectivity index (χ3n) is 2.36. The molecular formula is C9H19N3O. The maximum absolute atomic E-state index is 9.41. The molecule has 0 bridgehead atoms. The van der Waals surface area contributed by atoms with E-state index < -0.39 is 11.6 Å². The van der Waals surface area contributed by atoms with E-state index in [1.807, 2.05) is 13.8 Å². The van der Waals surface area contributed by atoms with Gasteiger partial charge in [-0.1, -0.05) is 0 Å². The Hall–Kier alpha value is -0.770. The van der Waals surface area contributed by atoms with E-state index in [2.05, 4.69) is 10.3 Å². The van der Waals surface area contributed by atoms with Crippen LogP contribution >= 0.6 is 0 Å². The Morgan fingerprint density at radius 2 is 2.15 bits per heavy atom. The molecule has 0 aromatic carbocycles. The highest BCUT2D eigenvalue weighted by Crippen LogP contribution is 2.23. The summed E-state index contributed by atoms with van der Waals surface area (Å²) in [4.78, 5) is 4.23. The van der Waals surface area contributed by atoms with Gasteiger partial charge in [-0.3, -0.25) is 4.99 Å². The smallest absolute Gasteiger partial charge is 0.189 e. The van der Waals surface area contributed by atoms with E-state index in [-0.39, 0.29) is 0 Å². The van der Waals surface area contributed by atoms with E-state index in [0.29, 0.717) is 12.0 Å². The molecule has 0 heterocycles. The molecule has 0 spiro atoms. The normalized spacial score (nSPS) is 21.4. The van der Waals surface area contributed by atoms with Crippen molar-refractivity contribution in [3.05, 3.63) is 0 Å². The van der Waals surface area contributed by atoms with E-state index in [9.17, 15) is 5.11 Å². The first kappa shape index (κ1) is 10.3. The minimum Gasteiger partial charge on any atom is -0.391 e. The maximum atomic E-state index is 9.41. The molecule has 0 saturated heterocycles. The number of nitrogens with two attached hydrogens (primary N) is 1. The summed E-state index contributed by atoms with van der Waals surface area (Å²) in [6.45, 7) is 5.53. The largest absolute Gasteiger partial charge is 0.391 e. The molecule has 0 aromatic heterocycles. The van der Waals surface area contributed by atoms with E-state index in [1.165, 1.54) is 0 Å². The summed E-state index contributed by atoms with van der Waals surface area (Å²) in [5.41, 5.74) is 5.25. The molecule has 4 heteroatoms. The first-order valence-corrected chi connectivity index (χ1v) is 4.71. The molecule has 4 N–H and O–H groups in total. The Labute approximate surface area is 79.2 Å². The van der Waals surface area contributed by atoms with Crippen LogP contribution in [0.3, 0.4) is 0 Å². The van der Waals surface area contributed by atoms with E-state index in [1.54, 1.807) is 6.92 Å². The minimum atomic E-state index is -0.458. The molecule has 0 radical (unpaired) electrons. The summed E-state index contributed by atoms with van der Waals surface area (Å²) < 4.78 is 0. The maximum Gasteiger partial charge on any atom is 0.189 e. The molecular weight excluding hydrogens is 166 g/mol. The second-order valence-corrected chi connectivity index (χ2v) is 4.27. The van der Waals surface area contributed by atoms with Gasteiger partial charge in [-0.05, 0) is 33.6 Å². The van der Waals surface area contributed by atoms with E-state index >= 15 is 0 Å². The quantitative estimate of drug-likeness (QED) is 0.435. The Morgan fingerprint density at radius 3 is 2.54 bits per heavy atom. The van der Waals surface area contributed by atoms with Crippen LogP contribution in [-0.4, -0.2) is 28.8 Å². The third-order valence-corrected chi connectivity index (χ3v) is 2.36. The van der Waals surface area contributed by atoms with Crippen molar-refractivity contribution < 1.29 is 5.11 Å². The number of aliphatic hydroxyl groups is 1. The lowest BCUT2D eigenvalue weighted by molar-refractivity contribution is 0.109. The van der Waals surface area contributed by atoms with Crippen LogP contribution in [0.2, 0.25) is 0 Å². The average molecular weight is 185 g/mol. The average Bonchev–Trinajstić information content (AvgIpc) is 2.69. The van der Waals surface area contributed by atoms with Gasteiger partial charge in [-0.15, -0.1) is 0 Å². The Morgan fingerprint density at radius 1 is 1.62 bits per heavy atom. The zero-order valence-corrected chi connectivity index (χ0v) is 8.54. The molecule has 0 aromatic rings. The van der Waals surface area contributed by atoms with Crippen molar-refractivity contribution in [1.82, 2.24) is 5.32 Å². The Balaban J connectivity index is 2.45. The summed E-state index contributed by atoms with van der Waals surface area (Å²) in [6, 6.07) is 0.414. The zero-order valence-electron chi connectivity index (χ0n) is 8.54. The number of guanidine groups is 1. The standard InChI is InChI=1S/C9H19N3O/c1-6(13)9(2,3)12-8(10)11-7-4-5-7/h6-7,13H,4-5H2,1-3H3,(H3,10,11,12). The van der Waals surface area contributed by atoms with Crippen molar-refractivity contribution in [2.75, 3.05) is 0 Å². The van der Waals surface area contributed by atoms with Crippen LogP contribution in [0.15, 0.2) is 4.99 Å². The number of nitrogens with one attached hydrogen (secondary N) is 1. The predicted molar refractivity (Wildman–Crippen MR) is 53.5 cm³/mol. The van der Waals surface area contributed by atoms with Gasteiger partial charge in [0.25, 0.3) is 0 Å². The van der Waals surface area contributed by atoms with Crippen LogP contribution in [0, 0.1) is 0 Å². The van der Waals surface area contributed by atoms with Gasteiger partial charge in [0, 0.05) is 0 Å². The number of hydrogen-bond donors (Lipinski definition) is 3. The summed E-state index contributed by atoms with van der Waals surface area (Å²) in [5, 5.41) is 12.4. The summed E-state index contributed by atoms with van der Waals surface area (Å²) in [6.07, 6.45) is 1.81. The molecule has 1 unspecified atom stereocenters. The van der Waals surface area contributed by atoms with Crippen molar-refractivity contribution in [2.24, 2.45) is 10.7 Å². The second kappa shape index (κ2) is 3.54. The van der Waals surface area contributed by atoms with E-state index in [0.717, 1.165) is 12.8 Å². The monoisotopic (exact) mass is 185 g/mol. The molecule has 1 fully saturated rings. The number of hydrogen-bond acceptors (Lipinski definition) is 2. The molecule has 1 aliphatic rings. The number of rotatable bonds is 3. The number of nitrogens with zero attached hydrogens (tertiary/aromatic N) is 1.